The van der Waals surface area contributed by atoms with Gasteiger partial charge in [-0.15, -0.1) is 0 Å². The summed E-state index contributed by atoms with van der Waals surface area (Å²) in [5, 5.41) is 19.3. The van der Waals surface area contributed by atoms with Gasteiger partial charge in [0, 0.05) is 51.2 Å². The van der Waals surface area contributed by atoms with Gasteiger partial charge in [0.1, 0.15) is 17.5 Å². The quantitative estimate of drug-likeness (QED) is 0.0973. The monoisotopic (exact) mass is 1340 g/mol. The van der Waals surface area contributed by atoms with E-state index in [0.29, 0.717) is 17.4 Å². The van der Waals surface area contributed by atoms with Gasteiger partial charge in [0.05, 0.1) is 5.69 Å². The van der Waals surface area contributed by atoms with E-state index in [4.69, 9.17) is 0 Å². The van der Waals surface area contributed by atoms with Crippen molar-refractivity contribution < 1.29 is 13.2 Å². The van der Waals surface area contributed by atoms with Crippen molar-refractivity contribution in [1.29, 1.82) is 0 Å². The molecule has 5 aromatic carbocycles. The molecule has 5 N–H and O–H groups in total. The first kappa shape index (κ1) is 84.9. The fraction of sp³-hybridized carbons (Fsp3) is 0.541. The maximum atomic E-state index is 13.6. The zero-order valence-electron chi connectivity index (χ0n) is 64.8. The Hall–Kier alpha value is -6.28. The Morgan fingerprint density at radius 2 is 0.928 bits per heavy atom. The fourth-order valence-electron chi connectivity index (χ4n) is 11.1. The zero-order valence-corrected chi connectivity index (χ0v) is 64.8. The molecule has 2 aliphatic heterocycles. The molecule has 9 nitrogen and oxygen atoms in total. The standard InChI is InChI=1S/C15H25N3O.C15H23N.2C12H18FN.C12H19N.C10H13F.C9H13N/c1-14(2,3)15(4)7-9-18(10-8-15)11-12-5-6-13(19)17-16-12;1-15(2,3)14-8-6-12(7-9-14)13-5-4-10-16-11-13;1-12(2,3)10-7-9(8-14-4)5-6-11(10)13;1-12(2,3)10-6-5-9(8-14-4)7-11(10)13;1-12(2,3)11-7-5-10(6-8-11)9-13-4;1-10(2,3)8-4-6-9(11)7-5-8;1-9(2,3)8-4-6-10-7-5-8/h5-6H,7-11H2,1-4H3,(H,17,19);6-9,13,16H,4-5,10-11H2,1-3H3;2*5-7,14H,8H2,1-4H3;5-8,13H,9H2,1-4H3;4-7H,1-3H3;4-7H,1-3H3. The summed E-state index contributed by atoms with van der Waals surface area (Å²) in [6.45, 7) is 55.8. The van der Waals surface area contributed by atoms with Crippen molar-refractivity contribution in [3.63, 3.8) is 0 Å². The van der Waals surface area contributed by atoms with Gasteiger partial charge >= 0.3 is 0 Å². The molecule has 97 heavy (non-hydrogen) atoms. The van der Waals surface area contributed by atoms with Gasteiger partial charge in [-0.05, 0) is 214 Å². The number of likely N-dealkylation sites (tertiary alicyclic amines) is 1. The Morgan fingerprint density at radius 1 is 0.495 bits per heavy atom. The predicted octanol–water partition coefficient (Wildman–Crippen LogP) is 19.8. The predicted molar refractivity (Wildman–Crippen MR) is 409 cm³/mol. The second-order valence-electron chi connectivity index (χ2n) is 33.8. The molecule has 0 radical (unpaired) electrons. The molecule has 0 saturated carbocycles. The number of aromatic amines is 1. The topological polar surface area (TPSA) is 110 Å². The van der Waals surface area contributed by atoms with E-state index in [0.717, 1.165) is 73.1 Å². The minimum Gasteiger partial charge on any atom is -0.316 e. The lowest BCUT2D eigenvalue weighted by Gasteiger charge is -2.47. The summed E-state index contributed by atoms with van der Waals surface area (Å²) in [5.41, 5.74) is 14.1. The van der Waals surface area contributed by atoms with Crippen molar-refractivity contribution in [2.75, 3.05) is 47.3 Å². The molecule has 1 atom stereocenters. The fourth-order valence-corrected chi connectivity index (χ4v) is 11.1. The highest BCUT2D eigenvalue weighted by atomic mass is 19.1. The van der Waals surface area contributed by atoms with Gasteiger partial charge in [-0.3, -0.25) is 14.7 Å². The highest BCUT2D eigenvalue weighted by Crippen LogP contribution is 2.46. The smallest absolute Gasteiger partial charge is 0.264 e. The van der Waals surface area contributed by atoms with Crippen molar-refractivity contribution in [1.82, 2.24) is 41.3 Å². The van der Waals surface area contributed by atoms with E-state index in [2.05, 4.69) is 213 Å². The summed E-state index contributed by atoms with van der Waals surface area (Å²) in [4.78, 5) is 17.4. The molecule has 0 aliphatic carbocycles. The number of rotatable bonds is 9. The van der Waals surface area contributed by atoms with Crippen LogP contribution >= 0.6 is 0 Å². The van der Waals surface area contributed by atoms with E-state index in [1.54, 1.807) is 18.2 Å². The number of halogens is 3. The van der Waals surface area contributed by atoms with Gasteiger partial charge in [0.15, 0.2) is 0 Å². The number of piperidine rings is 2. The molecule has 12 heteroatoms. The molecule has 0 bridgehead atoms. The molecule has 2 saturated heterocycles. The van der Waals surface area contributed by atoms with Crippen molar-refractivity contribution in [2.24, 2.45) is 10.8 Å². The summed E-state index contributed by atoms with van der Waals surface area (Å²) in [6.07, 6.45) is 8.76. The van der Waals surface area contributed by atoms with Crippen molar-refractivity contribution in [3.05, 3.63) is 235 Å². The Labute approximate surface area is 587 Å². The summed E-state index contributed by atoms with van der Waals surface area (Å²) in [6, 6.07) is 42.9. The first-order chi connectivity index (χ1) is 44.9. The van der Waals surface area contributed by atoms with Crippen LogP contribution in [0.3, 0.4) is 0 Å². The summed E-state index contributed by atoms with van der Waals surface area (Å²) in [7, 11) is 5.72. The molecular weight excluding hydrogens is 1210 g/mol. The Bertz CT molecular complexity index is 3370. The number of pyridine rings is 1. The number of aromatic nitrogens is 3. The van der Waals surface area contributed by atoms with E-state index >= 15 is 0 Å². The van der Waals surface area contributed by atoms with E-state index in [9.17, 15) is 18.0 Å². The molecule has 0 spiro atoms. The van der Waals surface area contributed by atoms with E-state index in [1.807, 2.05) is 118 Å². The minimum atomic E-state index is -0.169. The molecule has 9 rings (SSSR count). The second-order valence-corrected chi connectivity index (χ2v) is 33.8. The highest BCUT2D eigenvalue weighted by Gasteiger charge is 2.40. The van der Waals surface area contributed by atoms with Gasteiger partial charge in [-0.2, -0.15) is 5.10 Å². The molecule has 4 heterocycles. The first-order valence-electron chi connectivity index (χ1n) is 35.3. The van der Waals surface area contributed by atoms with Gasteiger partial charge in [0.2, 0.25) is 0 Å². The van der Waals surface area contributed by atoms with Crippen LogP contribution < -0.4 is 26.8 Å². The third kappa shape index (κ3) is 30.8. The van der Waals surface area contributed by atoms with E-state index < -0.39 is 0 Å². The molecule has 2 aromatic heterocycles. The van der Waals surface area contributed by atoms with Crippen LogP contribution in [0.2, 0.25) is 0 Å². The number of hydrogen-bond donors (Lipinski definition) is 5. The average Bonchev–Trinajstić information content (AvgIpc) is 0.802. The van der Waals surface area contributed by atoms with E-state index in [-0.39, 0.29) is 55.5 Å². The average molecular weight is 1340 g/mol. The van der Waals surface area contributed by atoms with Crippen molar-refractivity contribution in [2.45, 2.75) is 243 Å². The molecule has 536 valence electrons. The van der Waals surface area contributed by atoms with Crippen LogP contribution in [0.4, 0.5) is 13.2 Å². The molecule has 7 aromatic rings. The van der Waals surface area contributed by atoms with Gasteiger partial charge in [0.25, 0.3) is 5.56 Å². The number of benzene rings is 5. The molecule has 0 amide bonds. The van der Waals surface area contributed by atoms with Crippen LogP contribution in [0.5, 0.6) is 0 Å². The zero-order chi connectivity index (χ0) is 73.2. The third-order valence-corrected chi connectivity index (χ3v) is 18.3. The van der Waals surface area contributed by atoms with Gasteiger partial charge < -0.3 is 21.3 Å². The summed E-state index contributed by atoms with van der Waals surface area (Å²) < 4.78 is 39.6. The van der Waals surface area contributed by atoms with Crippen molar-refractivity contribution in [3.8, 4) is 0 Å². The Morgan fingerprint density at radius 3 is 1.33 bits per heavy atom. The number of nitrogens with one attached hydrogen (secondary N) is 5. The van der Waals surface area contributed by atoms with Crippen LogP contribution in [0.15, 0.2) is 151 Å². The number of H-pyrrole nitrogens is 1. The number of nitrogens with zero attached hydrogens (tertiary/aromatic N) is 3. The lowest BCUT2D eigenvalue weighted by atomic mass is 9.63. The number of hydrogen-bond acceptors (Lipinski definition) is 8. The summed E-state index contributed by atoms with van der Waals surface area (Å²) >= 11 is 0. The van der Waals surface area contributed by atoms with Crippen molar-refractivity contribution >= 4 is 0 Å². The largest absolute Gasteiger partial charge is 0.316 e. The maximum Gasteiger partial charge on any atom is 0.264 e. The van der Waals surface area contributed by atoms with Crippen LogP contribution in [0.25, 0.3) is 0 Å². The summed E-state index contributed by atoms with van der Waals surface area (Å²) in [5.74, 6) is 0.336. The van der Waals surface area contributed by atoms with Crippen LogP contribution in [-0.4, -0.2) is 67.4 Å². The van der Waals surface area contributed by atoms with Gasteiger partial charge in [-0.25, -0.2) is 18.3 Å². The van der Waals surface area contributed by atoms with Crippen LogP contribution in [-0.2, 0) is 58.7 Å². The molecule has 2 fully saturated rings. The molecular formula is C85H129F3N8O. The third-order valence-electron chi connectivity index (χ3n) is 18.3. The first-order valence-corrected chi connectivity index (χ1v) is 35.3. The van der Waals surface area contributed by atoms with Crippen LogP contribution in [0.1, 0.15) is 245 Å². The lowest BCUT2D eigenvalue weighted by molar-refractivity contribution is 0.0193. The molecule has 1 unspecified atom stereocenters. The van der Waals surface area contributed by atoms with Crippen LogP contribution in [0, 0.1) is 28.3 Å². The van der Waals surface area contributed by atoms with E-state index in [1.165, 1.54) is 77.7 Å². The Kier molecular flexibility index (Phi) is 33.6. The second kappa shape index (κ2) is 38.3. The normalized spacial score (nSPS) is 15.1. The highest BCUT2D eigenvalue weighted by molar-refractivity contribution is 5.33. The minimum absolute atomic E-state index is 0.106. The van der Waals surface area contributed by atoms with Gasteiger partial charge in [-0.1, -0.05) is 237 Å². The maximum absolute atomic E-state index is 13.6. The SMILES string of the molecule is CC(C)(C)C1(C)CCN(Cc2ccc(=O)[nH]n2)CC1.CC(C)(C)c1ccc(C2CCCNC2)cc1.CC(C)(C)c1ccc(F)cc1.CC(C)(C)c1ccncc1.CNCc1ccc(C(C)(C)C)c(F)c1.CNCc1ccc(C(C)(C)C)cc1.CNCc1ccc(F)c(C(C)(C)C)c1. The lowest BCUT2D eigenvalue weighted by Crippen LogP contribution is -2.44. The molecule has 2 aliphatic rings. The Balaban J connectivity index is 0.000000297.